The molecule has 13 heavy (non-hydrogen) atoms. The summed E-state index contributed by atoms with van der Waals surface area (Å²) in [7, 11) is 1.69. The van der Waals surface area contributed by atoms with E-state index in [0.717, 1.165) is 11.4 Å². The van der Waals surface area contributed by atoms with E-state index in [2.05, 4.69) is 24.2 Å². The second kappa shape index (κ2) is 4.53. The molecule has 1 rings (SSSR count). The minimum Gasteiger partial charge on any atom is -0.379 e. The lowest BCUT2D eigenvalue weighted by Crippen LogP contribution is -2.00. The van der Waals surface area contributed by atoms with Crippen molar-refractivity contribution >= 4 is 22.7 Å². The third-order valence-corrected chi connectivity index (χ3v) is 2.79. The summed E-state index contributed by atoms with van der Waals surface area (Å²) in [5.74, 6) is 0. The predicted octanol–water partition coefficient (Wildman–Crippen LogP) is 3.10. The molecule has 1 aromatic heterocycles. The van der Waals surface area contributed by atoms with Crippen molar-refractivity contribution in [3.05, 3.63) is 15.8 Å². The van der Waals surface area contributed by atoms with Gasteiger partial charge in [0, 0.05) is 17.7 Å². The van der Waals surface area contributed by atoms with Crippen LogP contribution in [0, 0.1) is 13.8 Å². The number of aliphatic imine (C=N–C) groups is 1. The quantitative estimate of drug-likeness (QED) is 0.682. The number of ether oxygens (including phenoxy) is 1. The number of thiophene rings is 1. The van der Waals surface area contributed by atoms with Crippen molar-refractivity contribution in [2.45, 2.75) is 20.8 Å². The summed E-state index contributed by atoms with van der Waals surface area (Å²) < 4.78 is 5.00. The molecule has 72 valence electrons. The molecule has 0 radical (unpaired) electrons. The summed E-state index contributed by atoms with van der Waals surface area (Å²) in [6.45, 7) is 6.77. The lowest BCUT2D eigenvalue weighted by Gasteiger charge is -1.99. The van der Waals surface area contributed by atoms with Gasteiger partial charge in [0.1, 0.15) is 0 Å². The number of aryl methyl sites for hydroxylation is 2. The third-order valence-electron chi connectivity index (χ3n) is 1.78. The molecule has 0 saturated heterocycles. The van der Waals surface area contributed by atoms with Crippen LogP contribution in [-0.2, 0) is 4.74 Å². The first kappa shape index (κ1) is 10.4. The third kappa shape index (κ3) is 2.64. The lowest BCUT2D eigenvalue weighted by molar-refractivity contribution is 0.245. The highest BCUT2D eigenvalue weighted by atomic mass is 32.1. The van der Waals surface area contributed by atoms with Crippen molar-refractivity contribution < 1.29 is 4.74 Å². The molecule has 0 fully saturated rings. The average Bonchev–Trinajstić information content (AvgIpc) is 2.36. The van der Waals surface area contributed by atoms with Crippen LogP contribution in [0.2, 0.25) is 0 Å². The summed E-state index contributed by atoms with van der Waals surface area (Å²) in [6.07, 6.45) is 0. The van der Waals surface area contributed by atoms with E-state index in [4.69, 9.17) is 4.74 Å². The molecule has 2 nitrogen and oxygen atoms in total. The Bertz CT molecular complexity index is 295. The number of nitrogens with zero attached hydrogens (tertiary/aromatic N) is 1. The fourth-order valence-corrected chi connectivity index (χ4v) is 1.95. The summed E-state index contributed by atoms with van der Waals surface area (Å²) in [6, 6.07) is 0. The van der Waals surface area contributed by atoms with Crippen LogP contribution in [0.15, 0.2) is 10.4 Å². The first-order chi connectivity index (χ1) is 6.15. The van der Waals surface area contributed by atoms with E-state index in [-0.39, 0.29) is 0 Å². The maximum atomic E-state index is 5.00. The van der Waals surface area contributed by atoms with Crippen molar-refractivity contribution in [1.82, 2.24) is 0 Å². The molecule has 0 aromatic carbocycles. The zero-order valence-electron chi connectivity index (χ0n) is 8.55. The van der Waals surface area contributed by atoms with Crippen LogP contribution in [0.1, 0.15) is 17.4 Å². The second-order valence-corrected chi connectivity index (χ2v) is 4.19. The summed E-state index contributed by atoms with van der Waals surface area (Å²) in [5.41, 5.74) is 3.38. The molecule has 0 N–H and O–H groups in total. The van der Waals surface area contributed by atoms with Gasteiger partial charge in [-0.25, -0.2) is 0 Å². The summed E-state index contributed by atoms with van der Waals surface area (Å²) in [5, 5.41) is 2.13. The van der Waals surface area contributed by atoms with Crippen molar-refractivity contribution in [2.24, 2.45) is 4.99 Å². The van der Waals surface area contributed by atoms with Crippen molar-refractivity contribution in [3.8, 4) is 0 Å². The highest BCUT2D eigenvalue weighted by Gasteiger charge is 2.03. The Kier molecular flexibility index (Phi) is 3.63. The number of methoxy groups -OCH3 is 1. The van der Waals surface area contributed by atoms with Gasteiger partial charge in [0.15, 0.2) is 0 Å². The van der Waals surface area contributed by atoms with E-state index in [0.29, 0.717) is 6.61 Å². The van der Waals surface area contributed by atoms with Crippen LogP contribution in [-0.4, -0.2) is 19.4 Å². The van der Waals surface area contributed by atoms with Crippen molar-refractivity contribution in [2.75, 3.05) is 13.7 Å². The normalized spacial score (nSPS) is 12.2. The van der Waals surface area contributed by atoms with E-state index in [9.17, 15) is 0 Å². The molecule has 0 aliphatic heterocycles. The van der Waals surface area contributed by atoms with Gasteiger partial charge >= 0.3 is 0 Å². The molecule has 0 atom stereocenters. The van der Waals surface area contributed by atoms with Gasteiger partial charge in [0.05, 0.1) is 12.3 Å². The van der Waals surface area contributed by atoms with E-state index >= 15 is 0 Å². The van der Waals surface area contributed by atoms with Crippen LogP contribution in [0.25, 0.3) is 0 Å². The Balaban J connectivity index is 2.89. The van der Waals surface area contributed by atoms with Gasteiger partial charge in [0.2, 0.25) is 0 Å². The van der Waals surface area contributed by atoms with Crippen LogP contribution in [0.4, 0.5) is 5.69 Å². The SMILES string of the molecule is COC/C(C)=N/c1c(C)csc1C. The topological polar surface area (TPSA) is 21.6 Å². The minimum atomic E-state index is 0.606. The summed E-state index contributed by atoms with van der Waals surface area (Å²) >= 11 is 1.74. The first-order valence-electron chi connectivity index (χ1n) is 4.23. The van der Waals surface area contributed by atoms with Crippen LogP contribution >= 0.6 is 11.3 Å². The smallest absolute Gasteiger partial charge is 0.0842 e. The van der Waals surface area contributed by atoms with Crippen LogP contribution in [0.3, 0.4) is 0 Å². The fourth-order valence-electron chi connectivity index (χ4n) is 1.16. The predicted molar refractivity (Wildman–Crippen MR) is 58.4 cm³/mol. The Labute approximate surface area is 83.3 Å². The molecule has 0 bridgehead atoms. The van der Waals surface area contributed by atoms with Gasteiger partial charge in [-0.05, 0) is 31.7 Å². The molecule has 0 amide bonds. The van der Waals surface area contributed by atoms with Gasteiger partial charge in [-0.1, -0.05) is 0 Å². The largest absolute Gasteiger partial charge is 0.379 e. The zero-order chi connectivity index (χ0) is 9.84. The first-order valence-corrected chi connectivity index (χ1v) is 5.11. The Hall–Kier alpha value is -0.670. The van der Waals surface area contributed by atoms with E-state index in [1.807, 2.05) is 6.92 Å². The maximum Gasteiger partial charge on any atom is 0.0842 e. The second-order valence-electron chi connectivity index (χ2n) is 3.10. The standard InChI is InChI=1S/C10H15NOS/c1-7-6-13-9(3)10(7)11-8(2)5-12-4/h6H,5H2,1-4H3/b11-8+. The molecular weight excluding hydrogens is 182 g/mol. The lowest BCUT2D eigenvalue weighted by atomic mass is 10.3. The van der Waals surface area contributed by atoms with Crippen LogP contribution < -0.4 is 0 Å². The summed E-state index contributed by atoms with van der Waals surface area (Å²) in [4.78, 5) is 5.78. The molecule has 0 aliphatic carbocycles. The van der Waals surface area contributed by atoms with E-state index in [1.54, 1.807) is 18.4 Å². The Morgan fingerprint density at radius 3 is 2.69 bits per heavy atom. The highest BCUT2D eigenvalue weighted by molar-refractivity contribution is 7.10. The maximum absolute atomic E-state index is 5.00. The van der Waals surface area contributed by atoms with Crippen molar-refractivity contribution in [3.63, 3.8) is 0 Å². The highest BCUT2D eigenvalue weighted by Crippen LogP contribution is 2.29. The van der Waals surface area contributed by atoms with Crippen LogP contribution in [0.5, 0.6) is 0 Å². The molecule has 0 unspecified atom stereocenters. The fraction of sp³-hybridized carbons (Fsp3) is 0.500. The molecular formula is C10H15NOS. The van der Waals surface area contributed by atoms with E-state index < -0.39 is 0 Å². The molecule has 3 heteroatoms. The van der Waals surface area contributed by atoms with Gasteiger partial charge in [-0.2, -0.15) is 0 Å². The molecule has 1 heterocycles. The van der Waals surface area contributed by atoms with E-state index in [1.165, 1.54) is 10.4 Å². The number of hydrogen-bond donors (Lipinski definition) is 0. The zero-order valence-corrected chi connectivity index (χ0v) is 9.36. The minimum absolute atomic E-state index is 0.606. The van der Waals surface area contributed by atoms with Gasteiger partial charge in [-0.3, -0.25) is 4.99 Å². The number of hydrogen-bond acceptors (Lipinski definition) is 3. The molecule has 0 aliphatic rings. The van der Waals surface area contributed by atoms with Crippen molar-refractivity contribution in [1.29, 1.82) is 0 Å². The molecule has 1 aromatic rings. The van der Waals surface area contributed by atoms with Gasteiger partial charge in [-0.15, -0.1) is 11.3 Å². The Morgan fingerprint density at radius 1 is 1.54 bits per heavy atom. The van der Waals surface area contributed by atoms with Gasteiger partial charge in [0.25, 0.3) is 0 Å². The monoisotopic (exact) mass is 197 g/mol. The van der Waals surface area contributed by atoms with Gasteiger partial charge < -0.3 is 4.74 Å². The molecule has 0 spiro atoms. The average molecular weight is 197 g/mol. The number of rotatable bonds is 3. The Morgan fingerprint density at radius 2 is 2.23 bits per heavy atom. The molecule has 0 saturated carbocycles.